The fraction of sp³-hybridized carbons (Fsp3) is 0.370. The van der Waals surface area contributed by atoms with Crippen LogP contribution in [0.5, 0.6) is 5.75 Å². The van der Waals surface area contributed by atoms with Crippen molar-refractivity contribution in [2.45, 2.75) is 39.2 Å². The first-order valence-corrected chi connectivity index (χ1v) is 11.4. The van der Waals surface area contributed by atoms with Crippen molar-refractivity contribution in [3.8, 4) is 5.75 Å². The number of para-hydroxylation sites is 1. The maximum atomic E-state index is 14.2. The summed E-state index contributed by atoms with van der Waals surface area (Å²) in [5.74, 6) is 0.777. The number of aromatic amines is 1. The number of piperidine rings is 1. The van der Waals surface area contributed by atoms with Crippen molar-refractivity contribution in [2.24, 2.45) is 5.41 Å². The van der Waals surface area contributed by atoms with Gasteiger partial charge in [-0.3, -0.25) is 9.69 Å². The van der Waals surface area contributed by atoms with Gasteiger partial charge in [0.05, 0.1) is 6.61 Å². The highest BCUT2D eigenvalue weighted by Gasteiger charge is 2.35. The number of hydrogen-bond donors (Lipinski definition) is 1. The number of pyridine rings is 1. The van der Waals surface area contributed by atoms with Crippen molar-refractivity contribution in [3.63, 3.8) is 0 Å². The molecule has 0 aliphatic carbocycles. The molecule has 0 amide bonds. The molecule has 3 aromatic rings. The molecular weight excluding hydrogens is 403 g/mol. The molecule has 0 unspecified atom stereocenters. The second-order valence-corrected chi connectivity index (χ2v) is 8.95. The first kappa shape index (κ1) is 22.3. The Labute approximate surface area is 189 Å². The van der Waals surface area contributed by atoms with Crippen molar-refractivity contribution in [1.82, 2.24) is 9.88 Å². The number of nitrogens with zero attached hydrogens (tertiary/aromatic N) is 1. The average Bonchev–Trinajstić information content (AvgIpc) is 2.81. The molecule has 168 valence electrons. The fourth-order valence-electron chi connectivity index (χ4n) is 4.52. The predicted octanol–water partition coefficient (Wildman–Crippen LogP) is 5.12. The van der Waals surface area contributed by atoms with E-state index in [1.165, 1.54) is 6.07 Å². The van der Waals surface area contributed by atoms with E-state index in [4.69, 9.17) is 4.74 Å². The van der Waals surface area contributed by atoms with E-state index in [0.717, 1.165) is 54.8 Å². The second kappa shape index (κ2) is 10.1. The van der Waals surface area contributed by atoms with Crippen LogP contribution in [0, 0.1) is 18.2 Å². The maximum absolute atomic E-state index is 14.2. The van der Waals surface area contributed by atoms with Gasteiger partial charge < -0.3 is 9.72 Å². The van der Waals surface area contributed by atoms with Crippen molar-refractivity contribution in [1.29, 1.82) is 0 Å². The second-order valence-electron chi connectivity index (χ2n) is 8.95. The number of rotatable bonds is 8. The molecule has 1 aliphatic heterocycles. The summed E-state index contributed by atoms with van der Waals surface area (Å²) in [4.78, 5) is 17.2. The third-order valence-electron chi connectivity index (χ3n) is 6.72. The summed E-state index contributed by atoms with van der Waals surface area (Å²) in [6.45, 7) is 5.11. The SMILES string of the molecule is Cc1ccccc1OCC1(CCc2ccccc2F)CCN(Cc2ccc[nH]c2=O)CC1. The molecule has 1 saturated heterocycles. The van der Waals surface area contributed by atoms with Crippen LogP contribution >= 0.6 is 0 Å². The highest BCUT2D eigenvalue weighted by Crippen LogP contribution is 2.38. The average molecular weight is 435 g/mol. The number of ether oxygens (including phenoxy) is 1. The van der Waals surface area contributed by atoms with Gasteiger partial charge in [0, 0.05) is 23.7 Å². The molecule has 0 radical (unpaired) electrons. The van der Waals surface area contributed by atoms with Gasteiger partial charge in [-0.05, 0) is 75.0 Å². The lowest BCUT2D eigenvalue weighted by atomic mass is 9.74. The number of aromatic nitrogens is 1. The van der Waals surface area contributed by atoms with Crippen LogP contribution in [0.3, 0.4) is 0 Å². The van der Waals surface area contributed by atoms with Crippen molar-refractivity contribution < 1.29 is 9.13 Å². The van der Waals surface area contributed by atoms with Crippen LogP contribution in [0.2, 0.25) is 0 Å². The van der Waals surface area contributed by atoms with Crippen LogP contribution in [-0.2, 0) is 13.0 Å². The summed E-state index contributed by atoms with van der Waals surface area (Å²) >= 11 is 0. The molecule has 1 aromatic heterocycles. The number of aryl methyl sites for hydroxylation is 2. The lowest BCUT2D eigenvalue weighted by Gasteiger charge is -2.42. The number of likely N-dealkylation sites (tertiary alicyclic amines) is 1. The highest BCUT2D eigenvalue weighted by molar-refractivity contribution is 5.31. The van der Waals surface area contributed by atoms with Gasteiger partial charge >= 0.3 is 0 Å². The van der Waals surface area contributed by atoms with Gasteiger partial charge in [-0.2, -0.15) is 0 Å². The van der Waals surface area contributed by atoms with Crippen LogP contribution in [0.25, 0.3) is 0 Å². The van der Waals surface area contributed by atoms with Gasteiger partial charge in [-0.25, -0.2) is 4.39 Å². The van der Waals surface area contributed by atoms with Crippen molar-refractivity contribution in [3.05, 3.63) is 99.7 Å². The van der Waals surface area contributed by atoms with Crippen LogP contribution in [-0.4, -0.2) is 29.6 Å². The molecule has 5 heteroatoms. The van der Waals surface area contributed by atoms with E-state index >= 15 is 0 Å². The summed E-state index contributed by atoms with van der Waals surface area (Å²) in [6, 6.07) is 18.9. The number of halogens is 1. The lowest BCUT2D eigenvalue weighted by molar-refractivity contribution is 0.0438. The molecule has 1 N–H and O–H groups in total. The summed E-state index contributed by atoms with van der Waals surface area (Å²) in [7, 11) is 0. The Morgan fingerprint density at radius 1 is 1.00 bits per heavy atom. The number of hydrogen-bond acceptors (Lipinski definition) is 3. The van der Waals surface area contributed by atoms with E-state index in [-0.39, 0.29) is 16.8 Å². The molecule has 4 nitrogen and oxygen atoms in total. The van der Waals surface area contributed by atoms with E-state index in [9.17, 15) is 9.18 Å². The summed E-state index contributed by atoms with van der Waals surface area (Å²) in [5.41, 5.74) is 2.64. The first-order chi connectivity index (χ1) is 15.5. The van der Waals surface area contributed by atoms with E-state index in [1.54, 1.807) is 12.3 Å². The van der Waals surface area contributed by atoms with Gasteiger partial charge in [0.1, 0.15) is 11.6 Å². The normalized spacial score (nSPS) is 16.1. The largest absolute Gasteiger partial charge is 0.493 e. The first-order valence-electron chi connectivity index (χ1n) is 11.4. The van der Waals surface area contributed by atoms with Gasteiger partial charge in [0.15, 0.2) is 0 Å². The molecule has 0 bridgehead atoms. The van der Waals surface area contributed by atoms with Crippen molar-refractivity contribution in [2.75, 3.05) is 19.7 Å². The molecular formula is C27H31FN2O2. The summed E-state index contributed by atoms with van der Waals surface area (Å²) < 4.78 is 20.5. The number of benzene rings is 2. The van der Waals surface area contributed by atoms with Gasteiger partial charge in [-0.15, -0.1) is 0 Å². The van der Waals surface area contributed by atoms with Crippen LogP contribution in [0.15, 0.2) is 71.7 Å². The molecule has 0 atom stereocenters. The van der Waals surface area contributed by atoms with Gasteiger partial charge in [0.25, 0.3) is 5.56 Å². The van der Waals surface area contributed by atoms with E-state index in [2.05, 4.69) is 22.9 Å². The Balaban J connectivity index is 1.45. The minimum atomic E-state index is -0.136. The molecule has 1 aliphatic rings. The molecule has 0 spiro atoms. The minimum absolute atomic E-state index is 0.0215. The number of H-pyrrole nitrogens is 1. The molecule has 4 rings (SSSR count). The van der Waals surface area contributed by atoms with E-state index in [1.807, 2.05) is 42.5 Å². The zero-order valence-corrected chi connectivity index (χ0v) is 18.6. The van der Waals surface area contributed by atoms with Crippen molar-refractivity contribution >= 4 is 0 Å². The van der Waals surface area contributed by atoms with E-state index < -0.39 is 0 Å². The lowest BCUT2D eigenvalue weighted by Crippen LogP contribution is -2.43. The van der Waals surface area contributed by atoms with Gasteiger partial charge in [-0.1, -0.05) is 42.5 Å². The summed E-state index contributed by atoms with van der Waals surface area (Å²) in [5, 5.41) is 0. The standard InChI is InChI=1S/C27H31FN2O2/c1-21-7-2-5-11-25(21)32-20-27(13-12-22-8-3-4-10-24(22)28)14-17-30(18-15-27)19-23-9-6-16-29-26(23)31/h2-11,16H,12-15,17-20H2,1H3,(H,29,31). The Morgan fingerprint density at radius 2 is 1.72 bits per heavy atom. The van der Waals surface area contributed by atoms with Crippen LogP contribution in [0.4, 0.5) is 4.39 Å². The monoisotopic (exact) mass is 434 g/mol. The molecule has 1 fully saturated rings. The fourth-order valence-corrected chi connectivity index (χ4v) is 4.52. The smallest absolute Gasteiger partial charge is 0.252 e. The third kappa shape index (κ3) is 5.46. The Hall–Kier alpha value is -2.92. The molecule has 2 aromatic carbocycles. The Kier molecular flexibility index (Phi) is 7.05. The van der Waals surface area contributed by atoms with Crippen LogP contribution in [0.1, 0.15) is 36.0 Å². The van der Waals surface area contributed by atoms with Crippen LogP contribution < -0.4 is 10.3 Å². The quantitative estimate of drug-likeness (QED) is 0.535. The molecule has 32 heavy (non-hydrogen) atoms. The highest BCUT2D eigenvalue weighted by atomic mass is 19.1. The summed E-state index contributed by atoms with van der Waals surface area (Å²) in [6.07, 6.45) is 5.15. The Bertz CT molecular complexity index is 1040. The third-order valence-corrected chi connectivity index (χ3v) is 6.72. The maximum Gasteiger partial charge on any atom is 0.252 e. The minimum Gasteiger partial charge on any atom is -0.493 e. The zero-order valence-electron chi connectivity index (χ0n) is 18.6. The molecule has 2 heterocycles. The predicted molar refractivity (Wildman–Crippen MR) is 125 cm³/mol. The van der Waals surface area contributed by atoms with Gasteiger partial charge in [0.2, 0.25) is 0 Å². The topological polar surface area (TPSA) is 45.3 Å². The zero-order chi connectivity index (χ0) is 22.4. The number of nitrogens with one attached hydrogen (secondary N) is 1. The Morgan fingerprint density at radius 3 is 2.47 bits per heavy atom. The molecule has 0 saturated carbocycles. The van der Waals surface area contributed by atoms with E-state index in [0.29, 0.717) is 19.6 Å².